The molecule has 0 bridgehead atoms. The number of nitrogens with zero attached hydrogens (tertiary/aromatic N) is 2. The fraction of sp³-hybridized carbons (Fsp3) is 0.611. The molecule has 1 aromatic rings. The molecule has 138 valence electrons. The molecular formula is C18H25BrN2O3S. The second-order valence-electron chi connectivity index (χ2n) is 7.19. The zero-order valence-corrected chi connectivity index (χ0v) is 17.1. The molecule has 0 spiro atoms. The predicted octanol–water partition coefficient (Wildman–Crippen LogP) is 3.32. The van der Waals surface area contributed by atoms with Crippen molar-refractivity contribution in [1.82, 2.24) is 4.31 Å². The maximum Gasteiger partial charge on any atom is 0.242 e. The lowest BCUT2D eigenvalue weighted by Crippen LogP contribution is -2.49. The van der Waals surface area contributed by atoms with Crippen LogP contribution in [0.1, 0.15) is 44.6 Å². The quantitative estimate of drug-likeness (QED) is 0.738. The molecule has 1 saturated carbocycles. The Bertz CT molecular complexity index is 760. The van der Waals surface area contributed by atoms with Gasteiger partial charge in [-0.2, -0.15) is 4.31 Å². The second kappa shape index (κ2) is 7.37. The van der Waals surface area contributed by atoms with Gasteiger partial charge in [0.2, 0.25) is 15.9 Å². The van der Waals surface area contributed by atoms with Crippen molar-refractivity contribution < 1.29 is 13.2 Å². The van der Waals surface area contributed by atoms with Gasteiger partial charge in [-0.25, -0.2) is 8.42 Å². The molecular weight excluding hydrogens is 404 g/mol. The third-order valence-corrected chi connectivity index (χ3v) is 7.00. The molecule has 0 radical (unpaired) electrons. The number of rotatable bonds is 4. The van der Waals surface area contributed by atoms with Gasteiger partial charge in [0.05, 0.1) is 12.8 Å². The summed E-state index contributed by atoms with van der Waals surface area (Å²) < 4.78 is 27.0. The van der Waals surface area contributed by atoms with E-state index < -0.39 is 10.0 Å². The van der Waals surface area contributed by atoms with Crippen molar-refractivity contribution in [2.75, 3.05) is 17.7 Å². The lowest BCUT2D eigenvalue weighted by molar-refractivity contribution is -0.119. The molecule has 25 heavy (non-hydrogen) atoms. The third-order valence-electron chi connectivity index (χ3n) is 5.22. The third kappa shape index (κ3) is 4.09. The summed E-state index contributed by atoms with van der Waals surface area (Å²) in [6, 6.07) is 5.90. The van der Waals surface area contributed by atoms with Crippen LogP contribution in [0.15, 0.2) is 22.7 Å². The van der Waals surface area contributed by atoms with Crippen LogP contribution in [-0.2, 0) is 21.2 Å². The highest BCUT2D eigenvalue weighted by molar-refractivity contribution is 9.10. The topological polar surface area (TPSA) is 57.7 Å². The molecule has 1 aliphatic heterocycles. The molecule has 3 rings (SSSR count). The van der Waals surface area contributed by atoms with E-state index in [0.29, 0.717) is 0 Å². The Morgan fingerprint density at radius 1 is 1.28 bits per heavy atom. The Morgan fingerprint density at radius 2 is 1.96 bits per heavy atom. The van der Waals surface area contributed by atoms with Gasteiger partial charge >= 0.3 is 0 Å². The van der Waals surface area contributed by atoms with Crippen molar-refractivity contribution in [1.29, 1.82) is 0 Å². The zero-order valence-electron chi connectivity index (χ0n) is 14.7. The van der Waals surface area contributed by atoms with Crippen molar-refractivity contribution in [3.63, 3.8) is 0 Å². The number of amides is 1. The van der Waals surface area contributed by atoms with E-state index in [0.717, 1.165) is 54.2 Å². The molecule has 1 aromatic carbocycles. The SMILES string of the molecule is C[C@H]1Cc2cc(Br)ccc2N1C(=O)CN(C1CCCCC1)S(C)(=O)=O. The van der Waals surface area contributed by atoms with E-state index in [1.165, 1.54) is 10.6 Å². The Balaban J connectivity index is 1.82. The van der Waals surface area contributed by atoms with Gasteiger partial charge in [-0.05, 0) is 49.9 Å². The van der Waals surface area contributed by atoms with E-state index in [1.54, 1.807) is 4.90 Å². The van der Waals surface area contributed by atoms with Crippen LogP contribution >= 0.6 is 15.9 Å². The highest BCUT2D eigenvalue weighted by atomic mass is 79.9. The summed E-state index contributed by atoms with van der Waals surface area (Å²) in [4.78, 5) is 14.8. The largest absolute Gasteiger partial charge is 0.308 e. The Kier molecular flexibility index (Phi) is 5.56. The smallest absolute Gasteiger partial charge is 0.242 e. The van der Waals surface area contributed by atoms with Gasteiger partial charge in [0.25, 0.3) is 0 Å². The normalized spacial score (nSPS) is 21.6. The highest BCUT2D eigenvalue weighted by Crippen LogP contribution is 2.34. The lowest BCUT2D eigenvalue weighted by atomic mass is 9.95. The average molecular weight is 429 g/mol. The number of hydrogen-bond donors (Lipinski definition) is 0. The Labute approximate surface area is 158 Å². The van der Waals surface area contributed by atoms with E-state index in [9.17, 15) is 13.2 Å². The van der Waals surface area contributed by atoms with Gasteiger partial charge in [-0.15, -0.1) is 0 Å². The molecule has 1 atom stereocenters. The number of fused-ring (bicyclic) bond motifs is 1. The molecule has 0 unspecified atom stereocenters. The van der Waals surface area contributed by atoms with Crippen LogP contribution in [0, 0.1) is 0 Å². The maximum absolute atomic E-state index is 13.0. The number of halogens is 1. The van der Waals surface area contributed by atoms with Crippen LogP contribution < -0.4 is 4.90 Å². The summed E-state index contributed by atoms with van der Waals surface area (Å²) >= 11 is 3.47. The van der Waals surface area contributed by atoms with Gasteiger partial charge < -0.3 is 4.90 Å². The molecule has 7 heteroatoms. The van der Waals surface area contributed by atoms with Crippen LogP contribution in [0.2, 0.25) is 0 Å². The van der Waals surface area contributed by atoms with Crippen molar-refractivity contribution >= 4 is 37.5 Å². The Hall–Kier alpha value is -0.920. The van der Waals surface area contributed by atoms with E-state index >= 15 is 0 Å². The number of carbonyl (C=O) groups excluding carboxylic acids is 1. The second-order valence-corrected chi connectivity index (χ2v) is 10.0. The molecule has 1 amide bonds. The van der Waals surface area contributed by atoms with Crippen LogP contribution in [0.3, 0.4) is 0 Å². The number of carbonyl (C=O) groups is 1. The summed E-state index contributed by atoms with van der Waals surface area (Å²) in [6.07, 6.45) is 6.91. The minimum atomic E-state index is -3.41. The zero-order chi connectivity index (χ0) is 18.2. The summed E-state index contributed by atoms with van der Waals surface area (Å²) in [6.45, 7) is 1.94. The lowest BCUT2D eigenvalue weighted by Gasteiger charge is -2.33. The maximum atomic E-state index is 13.0. The van der Waals surface area contributed by atoms with E-state index in [-0.39, 0.29) is 24.5 Å². The molecule has 1 aliphatic carbocycles. The van der Waals surface area contributed by atoms with Gasteiger partial charge in [-0.3, -0.25) is 4.79 Å². The average Bonchev–Trinajstić information content (AvgIpc) is 2.87. The number of sulfonamides is 1. The Morgan fingerprint density at radius 3 is 2.60 bits per heavy atom. The summed E-state index contributed by atoms with van der Waals surface area (Å²) in [5.74, 6) is -0.135. The molecule has 0 saturated heterocycles. The van der Waals surface area contributed by atoms with Crippen LogP contribution in [0.25, 0.3) is 0 Å². The van der Waals surface area contributed by atoms with Gasteiger partial charge in [0.15, 0.2) is 0 Å². The van der Waals surface area contributed by atoms with Gasteiger partial charge in [0.1, 0.15) is 0 Å². The fourth-order valence-electron chi connectivity index (χ4n) is 4.08. The van der Waals surface area contributed by atoms with Gasteiger partial charge in [-0.1, -0.05) is 35.2 Å². The summed E-state index contributed by atoms with van der Waals surface area (Å²) in [5.41, 5.74) is 2.02. The minimum absolute atomic E-state index is 0.0459. The fourth-order valence-corrected chi connectivity index (χ4v) is 5.58. The van der Waals surface area contributed by atoms with Crippen molar-refractivity contribution in [3.8, 4) is 0 Å². The standard InChI is InChI=1S/C18H25BrN2O3S/c1-13-10-14-11-15(19)8-9-17(14)21(13)18(22)12-20(25(2,23)24)16-6-4-3-5-7-16/h8-9,11,13,16H,3-7,10,12H2,1-2H3/t13-/m0/s1. The first-order valence-corrected chi connectivity index (χ1v) is 11.5. The van der Waals surface area contributed by atoms with Crippen LogP contribution in [-0.4, -0.2) is 43.5 Å². The first-order valence-electron chi connectivity index (χ1n) is 8.84. The number of benzene rings is 1. The first kappa shape index (κ1) is 18.9. The number of hydrogen-bond acceptors (Lipinski definition) is 3. The summed E-state index contributed by atoms with van der Waals surface area (Å²) in [7, 11) is -3.41. The van der Waals surface area contributed by atoms with Crippen molar-refractivity contribution in [2.24, 2.45) is 0 Å². The predicted molar refractivity (Wildman–Crippen MR) is 103 cm³/mol. The van der Waals surface area contributed by atoms with Crippen LogP contribution in [0.4, 0.5) is 5.69 Å². The highest BCUT2D eigenvalue weighted by Gasteiger charge is 2.35. The minimum Gasteiger partial charge on any atom is -0.308 e. The molecule has 0 N–H and O–H groups in total. The molecule has 1 fully saturated rings. The first-order chi connectivity index (χ1) is 11.8. The van der Waals surface area contributed by atoms with Gasteiger partial charge in [0, 0.05) is 22.2 Å². The van der Waals surface area contributed by atoms with E-state index in [1.807, 2.05) is 25.1 Å². The summed E-state index contributed by atoms with van der Waals surface area (Å²) in [5, 5.41) is 0. The van der Waals surface area contributed by atoms with E-state index in [4.69, 9.17) is 0 Å². The molecule has 0 aromatic heterocycles. The van der Waals surface area contributed by atoms with Crippen molar-refractivity contribution in [2.45, 2.75) is 57.5 Å². The van der Waals surface area contributed by atoms with E-state index in [2.05, 4.69) is 15.9 Å². The molecule has 1 heterocycles. The van der Waals surface area contributed by atoms with Crippen LogP contribution in [0.5, 0.6) is 0 Å². The molecule has 5 nitrogen and oxygen atoms in total. The van der Waals surface area contributed by atoms with Crippen molar-refractivity contribution in [3.05, 3.63) is 28.2 Å². The number of anilines is 1. The monoisotopic (exact) mass is 428 g/mol. The molecule has 2 aliphatic rings.